The van der Waals surface area contributed by atoms with E-state index in [4.69, 9.17) is 0 Å². The van der Waals surface area contributed by atoms with Gasteiger partial charge in [-0.3, -0.25) is 24.6 Å². The van der Waals surface area contributed by atoms with E-state index in [-0.39, 0.29) is 17.5 Å². The molecule has 0 aromatic heterocycles. The number of carbonyl (C=O) groups is 2. The third-order valence-corrected chi connectivity index (χ3v) is 3.61. The Morgan fingerprint density at radius 2 is 1.76 bits per heavy atom. The molecule has 0 unspecified atom stereocenters. The van der Waals surface area contributed by atoms with Crippen LogP contribution in [0.25, 0.3) is 10.8 Å². The Bertz CT molecular complexity index is 775. The summed E-state index contributed by atoms with van der Waals surface area (Å²) in [6, 6.07) is 7.52. The summed E-state index contributed by atoms with van der Waals surface area (Å²) in [6.45, 7) is 2.22. The fraction of sp³-hybridized carbons (Fsp3) is 0.200. The number of hydrogen-bond acceptors (Lipinski definition) is 4. The maximum atomic E-state index is 12.4. The molecule has 0 fully saturated rings. The maximum Gasteiger partial charge on any atom is 0.277 e. The molecule has 1 aliphatic heterocycles. The van der Waals surface area contributed by atoms with Gasteiger partial charge in [0.15, 0.2) is 0 Å². The Morgan fingerprint density at radius 3 is 2.38 bits per heavy atom. The summed E-state index contributed by atoms with van der Waals surface area (Å²) >= 11 is 0. The number of imide groups is 1. The van der Waals surface area contributed by atoms with E-state index in [9.17, 15) is 19.7 Å². The van der Waals surface area contributed by atoms with Crippen molar-refractivity contribution < 1.29 is 14.5 Å². The molecule has 6 nitrogen and oxygen atoms in total. The summed E-state index contributed by atoms with van der Waals surface area (Å²) < 4.78 is 0. The first kappa shape index (κ1) is 13.2. The molecular weight excluding hydrogens is 272 g/mol. The average Bonchev–Trinajstić information content (AvgIpc) is 2.48. The van der Waals surface area contributed by atoms with Crippen molar-refractivity contribution in [3.05, 3.63) is 51.6 Å². The first-order valence-electron chi connectivity index (χ1n) is 6.62. The third-order valence-electron chi connectivity index (χ3n) is 3.61. The van der Waals surface area contributed by atoms with Crippen LogP contribution in [-0.4, -0.2) is 28.2 Å². The fourth-order valence-corrected chi connectivity index (χ4v) is 2.72. The van der Waals surface area contributed by atoms with Crippen LogP contribution in [0.2, 0.25) is 0 Å². The van der Waals surface area contributed by atoms with Gasteiger partial charge in [0.2, 0.25) is 0 Å². The van der Waals surface area contributed by atoms with Crippen LogP contribution in [0.4, 0.5) is 5.69 Å². The molecule has 0 saturated carbocycles. The number of nitro groups is 1. The van der Waals surface area contributed by atoms with E-state index >= 15 is 0 Å². The second kappa shape index (κ2) is 4.66. The quantitative estimate of drug-likeness (QED) is 0.493. The highest BCUT2D eigenvalue weighted by molar-refractivity contribution is 6.26. The van der Waals surface area contributed by atoms with Gasteiger partial charge in [-0.15, -0.1) is 0 Å². The minimum Gasteiger partial charge on any atom is -0.274 e. The van der Waals surface area contributed by atoms with Crippen molar-refractivity contribution in [2.45, 2.75) is 13.3 Å². The van der Waals surface area contributed by atoms with Crippen LogP contribution in [0, 0.1) is 10.1 Å². The van der Waals surface area contributed by atoms with Gasteiger partial charge in [0.25, 0.3) is 17.5 Å². The number of rotatable bonds is 3. The molecule has 21 heavy (non-hydrogen) atoms. The van der Waals surface area contributed by atoms with E-state index in [1.54, 1.807) is 18.2 Å². The van der Waals surface area contributed by atoms with E-state index in [1.165, 1.54) is 17.0 Å². The molecule has 6 heteroatoms. The summed E-state index contributed by atoms with van der Waals surface area (Å²) in [5.41, 5.74) is 0.596. The molecule has 1 aliphatic rings. The van der Waals surface area contributed by atoms with E-state index < -0.39 is 4.92 Å². The Labute approximate surface area is 120 Å². The second-order valence-electron chi connectivity index (χ2n) is 4.88. The van der Waals surface area contributed by atoms with Crippen LogP contribution in [0.3, 0.4) is 0 Å². The van der Waals surface area contributed by atoms with Gasteiger partial charge in [0.05, 0.1) is 10.3 Å². The summed E-state index contributed by atoms with van der Waals surface area (Å²) in [5, 5.41) is 11.8. The zero-order valence-electron chi connectivity index (χ0n) is 11.3. The molecule has 0 spiro atoms. The van der Waals surface area contributed by atoms with Crippen molar-refractivity contribution in [1.29, 1.82) is 0 Å². The molecule has 2 aromatic rings. The number of nitrogens with zero attached hydrogens (tertiary/aromatic N) is 2. The van der Waals surface area contributed by atoms with Gasteiger partial charge in [-0.05, 0) is 24.6 Å². The average molecular weight is 284 g/mol. The highest BCUT2D eigenvalue weighted by atomic mass is 16.6. The molecular formula is C15H12N2O4. The topological polar surface area (TPSA) is 80.5 Å². The molecule has 0 bridgehead atoms. The number of non-ortho nitro benzene ring substituents is 1. The lowest BCUT2D eigenvalue weighted by molar-refractivity contribution is -0.383. The fourth-order valence-electron chi connectivity index (χ4n) is 2.72. The van der Waals surface area contributed by atoms with Gasteiger partial charge in [-0.25, -0.2) is 0 Å². The lowest BCUT2D eigenvalue weighted by Gasteiger charge is -2.26. The largest absolute Gasteiger partial charge is 0.277 e. The van der Waals surface area contributed by atoms with E-state index in [0.29, 0.717) is 34.9 Å². The molecule has 3 rings (SSSR count). The number of amides is 2. The predicted octanol–water partition coefficient (Wildman–Crippen LogP) is 2.75. The van der Waals surface area contributed by atoms with E-state index in [1.807, 2.05) is 6.92 Å². The molecule has 0 atom stereocenters. The number of hydrogen-bond donors (Lipinski definition) is 0. The molecule has 0 saturated heterocycles. The van der Waals surface area contributed by atoms with Crippen molar-refractivity contribution in [2.24, 2.45) is 0 Å². The third kappa shape index (κ3) is 1.79. The standard InChI is InChI=1S/C15H12N2O4/c1-2-8-16-14(18)10-5-3-4-9-12(17(20)21)7-6-11(13(9)10)15(16)19/h3-7H,2,8H2,1H3. The summed E-state index contributed by atoms with van der Waals surface area (Å²) in [4.78, 5) is 36.6. The van der Waals surface area contributed by atoms with Gasteiger partial charge in [0, 0.05) is 29.1 Å². The minimum atomic E-state index is -0.504. The molecule has 0 N–H and O–H groups in total. The van der Waals surface area contributed by atoms with Gasteiger partial charge < -0.3 is 0 Å². The van der Waals surface area contributed by atoms with Crippen LogP contribution < -0.4 is 0 Å². The van der Waals surface area contributed by atoms with Crippen LogP contribution >= 0.6 is 0 Å². The van der Waals surface area contributed by atoms with Crippen molar-refractivity contribution in [1.82, 2.24) is 4.90 Å². The smallest absolute Gasteiger partial charge is 0.274 e. The Morgan fingerprint density at radius 1 is 1.10 bits per heavy atom. The Balaban J connectivity index is 2.36. The van der Waals surface area contributed by atoms with Gasteiger partial charge >= 0.3 is 0 Å². The summed E-state index contributed by atoms with van der Waals surface area (Å²) in [5.74, 6) is -0.777. The maximum absolute atomic E-state index is 12.4. The van der Waals surface area contributed by atoms with E-state index in [0.717, 1.165) is 0 Å². The number of nitro benzene ring substituents is 1. The number of carbonyl (C=O) groups excluding carboxylic acids is 2. The number of benzene rings is 2. The molecule has 1 heterocycles. The second-order valence-corrected chi connectivity index (χ2v) is 4.88. The summed E-state index contributed by atoms with van der Waals surface area (Å²) in [6.07, 6.45) is 0.662. The van der Waals surface area contributed by atoms with E-state index in [2.05, 4.69) is 0 Å². The normalized spacial score (nSPS) is 13.9. The first-order valence-corrected chi connectivity index (χ1v) is 6.62. The van der Waals surface area contributed by atoms with Gasteiger partial charge in [-0.2, -0.15) is 0 Å². The van der Waals surface area contributed by atoms with Crippen molar-refractivity contribution in [3.8, 4) is 0 Å². The Hall–Kier alpha value is -2.76. The monoisotopic (exact) mass is 284 g/mol. The molecule has 0 radical (unpaired) electrons. The lowest BCUT2D eigenvalue weighted by atomic mass is 9.93. The molecule has 2 amide bonds. The van der Waals surface area contributed by atoms with Crippen molar-refractivity contribution in [2.75, 3.05) is 6.54 Å². The van der Waals surface area contributed by atoms with Crippen LogP contribution in [-0.2, 0) is 0 Å². The van der Waals surface area contributed by atoms with Crippen molar-refractivity contribution in [3.63, 3.8) is 0 Å². The predicted molar refractivity (Wildman–Crippen MR) is 76.3 cm³/mol. The highest BCUT2D eigenvalue weighted by Gasteiger charge is 2.33. The molecule has 106 valence electrons. The minimum absolute atomic E-state index is 0.0971. The molecule has 2 aromatic carbocycles. The van der Waals surface area contributed by atoms with Crippen molar-refractivity contribution >= 4 is 28.3 Å². The van der Waals surface area contributed by atoms with Gasteiger partial charge in [0.1, 0.15) is 0 Å². The van der Waals surface area contributed by atoms with Gasteiger partial charge in [-0.1, -0.05) is 13.0 Å². The zero-order chi connectivity index (χ0) is 15.1. The van der Waals surface area contributed by atoms with Crippen LogP contribution in [0.15, 0.2) is 30.3 Å². The van der Waals surface area contributed by atoms with Crippen LogP contribution in [0.1, 0.15) is 34.1 Å². The zero-order valence-corrected chi connectivity index (χ0v) is 11.3. The first-order chi connectivity index (χ1) is 10.1. The summed E-state index contributed by atoms with van der Waals surface area (Å²) in [7, 11) is 0. The Kier molecular flexibility index (Phi) is 2.94. The SMILES string of the molecule is CCCN1C(=O)c2cccc3c([N+](=O)[O-])ccc(c23)C1=O. The van der Waals surface area contributed by atoms with Crippen LogP contribution in [0.5, 0.6) is 0 Å². The highest BCUT2D eigenvalue weighted by Crippen LogP contribution is 2.35. The lowest BCUT2D eigenvalue weighted by Crippen LogP contribution is -2.40. The molecule has 0 aliphatic carbocycles.